The first kappa shape index (κ1) is 22.2. The average molecular weight is 462 g/mol. The van der Waals surface area contributed by atoms with Gasteiger partial charge in [0.1, 0.15) is 5.82 Å². The van der Waals surface area contributed by atoms with Gasteiger partial charge in [-0.25, -0.2) is 9.38 Å². The van der Waals surface area contributed by atoms with Crippen LogP contribution in [0.3, 0.4) is 0 Å². The van der Waals surface area contributed by atoms with Crippen LogP contribution in [-0.2, 0) is 6.54 Å². The summed E-state index contributed by atoms with van der Waals surface area (Å²) in [5.74, 6) is 0.694. The fourth-order valence-electron chi connectivity index (χ4n) is 3.11. The van der Waals surface area contributed by atoms with Crippen LogP contribution in [0.2, 0.25) is 0 Å². The summed E-state index contributed by atoms with van der Waals surface area (Å²) in [6, 6.07) is 5.67. The number of nitrogens with one attached hydrogen (secondary N) is 2. The summed E-state index contributed by atoms with van der Waals surface area (Å²) >= 11 is 0. The van der Waals surface area contributed by atoms with Gasteiger partial charge in [-0.05, 0) is 56.8 Å². The Morgan fingerprint density at radius 3 is 2.60 bits per heavy atom. The molecule has 0 amide bonds. The molecule has 1 aromatic carbocycles. The molecule has 1 fully saturated rings. The molecular formula is C19H32FIN4. The Labute approximate surface area is 168 Å². The molecular weight excluding hydrogens is 430 g/mol. The predicted molar refractivity (Wildman–Crippen MR) is 114 cm³/mol. The van der Waals surface area contributed by atoms with Crippen molar-refractivity contribution in [3.05, 3.63) is 35.1 Å². The van der Waals surface area contributed by atoms with Crippen molar-refractivity contribution in [2.45, 2.75) is 52.6 Å². The first-order valence-electron chi connectivity index (χ1n) is 9.14. The largest absolute Gasteiger partial charge is 0.357 e. The highest BCUT2D eigenvalue weighted by Crippen LogP contribution is 2.12. The Morgan fingerprint density at radius 2 is 2.00 bits per heavy atom. The number of guanidine groups is 1. The van der Waals surface area contributed by atoms with E-state index in [1.807, 2.05) is 6.07 Å². The number of rotatable bonds is 6. The summed E-state index contributed by atoms with van der Waals surface area (Å²) in [6.07, 6.45) is 3.53. The van der Waals surface area contributed by atoms with E-state index in [4.69, 9.17) is 0 Å². The molecule has 4 nitrogen and oxygen atoms in total. The Kier molecular flexibility index (Phi) is 10.3. The number of hydrogen-bond acceptors (Lipinski definition) is 2. The van der Waals surface area contributed by atoms with Crippen LogP contribution in [0.5, 0.6) is 0 Å². The molecule has 6 heteroatoms. The zero-order valence-corrected chi connectivity index (χ0v) is 18.0. The van der Waals surface area contributed by atoms with Crippen LogP contribution < -0.4 is 10.6 Å². The number of aliphatic imine (C=N–C) groups is 1. The maximum atomic E-state index is 13.3. The highest BCUT2D eigenvalue weighted by Gasteiger charge is 2.19. The van der Waals surface area contributed by atoms with E-state index in [9.17, 15) is 4.39 Å². The molecule has 1 aliphatic heterocycles. The van der Waals surface area contributed by atoms with E-state index < -0.39 is 0 Å². The number of aryl methyl sites for hydroxylation is 1. The minimum atomic E-state index is -0.161. The number of likely N-dealkylation sites (tertiary alicyclic amines) is 1. The van der Waals surface area contributed by atoms with Gasteiger partial charge in [0, 0.05) is 25.7 Å². The number of piperidine rings is 1. The molecule has 0 aliphatic carbocycles. The second-order valence-corrected chi connectivity index (χ2v) is 6.54. The first-order valence-corrected chi connectivity index (χ1v) is 9.14. The van der Waals surface area contributed by atoms with Gasteiger partial charge in [0.25, 0.3) is 0 Å². The van der Waals surface area contributed by atoms with Gasteiger partial charge in [-0.2, -0.15) is 0 Å². The molecule has 0 aromatic heterocycles. The summed E-state index contributed by atoms with van der Waals surface area (Å²) in [5.41, 5.74) is 1.70. The molecule has 1 saturated heterocycles. The van der Waals surface area contributed by atoms with Gasteiger partial charge in [-0.15, -0.1) is 24.0 Å². The van der Waals surface area contributed by atoms with Gasteiger partial charge in [0.15, 0.2) is 5.96 Å². The normalized spacial score (nSPS) is 16.4. The van der Waals surface area contributed by atoms with Gasteiger partial charge in [0.05, 0.1) is 6.54 Å². The van der Waals surface area contributed by atoms with E-state index in [-0.39, 0.29) is 29.8 Å². The predicted octanol–water partition coefficient (Wildman–Crippen LogP) is 3.68. The van der Waals surface area contributed by atoms with E-state index in [1.165, 1.54) is 19.0 Å². The highest BCUT2D eigenvalue weighted by atomic mass is 127. The lowest BCUT2D eigenvalue weighted by atomic mass is 10.1. The fraction of sp³-hybridized carbons (Fsp3) is 0.632. The molecule has 2 rings (SSSR count). The third-order valence-electron chi connectivity index (χ3n) is 4.45. The maximum absolute atomic E-state index is 13.3. The molecule has 25 heavy (non-hydrogen) atoms. The molecule has 0 unspecified atom stereocenters. The molecule has 1 aliphatic rings. The number of halogens is 2. The molecule has 1 heterocycles. The summed E-state index contributed by atoms with van der Waals surface area (Å²) in [4.78, 5) is 7.19. The Bertz CT molecular complexity index is 542. The summed E-state index contributed by atoms with van der Waals surface area (Å²) in [6.45, 7) is 11.0. The minimum absolute atomic E-state index is 0. The number of benzene rings is 1. The van der Waals surface area contributed by atoms with Crippen LogP contribution >= 0.6 is 24.0 Å². The van der Waals surface area contributed by atoms with Crippen LogP contribution in [0.4, 0.5) is 4.39 Å². The molecule has 1 aromatic rings. The van der Waals surface area contributed by atoms with Crippen LogP contribution in [0.1, 0.15) is 44.2 Å². The van der Waals surface area contributed by atoms with Crippen molar-refractivity contribution in [1.29, 1.82) is 0 Å². The zero-order chi connectivity index (χ0) is 17.4. The number of nitrogens with zero attached hydrogens (tertiary/aromatic N) is 2. The Hall–Kier alpha value is -0.890. The van der Waals surface area contributed by atoms with Crippen molar-refractivity contribution in [3.63, 3.8) is 0 Å². The lowest BCUT2D eigenvalue weighted by Crippen LogP contribution is -2.48. The van der Waals surface area contributed by atoms with Crippen LogP contribution in [0.15, 0.2) is 23.2 Å². The molecule has 0 bridgehead atoms. The van der Waals surface area contributed by atoms with Crippen LogP contribution in [0, 0.1) is 12.7 Å². The topological polar surface area (TPSA) is 39.7 Å². The quantitative estimate of drug-likeness (QED) is 0.385. The lowest BCUT2D eigenvalue weighted by molar-refractivity contribution is 0.206. The molecule has 0 saturated carbocycles. The van der Waals surface area contributed by atoms with E-state index in [2.05, 4.69) is 34.4 Å². The van der Waals surface area contributed by atoms with E-state index in [0.29, 0.717) is 18.2 Å². The molecule has 0 radical (unpaired) electrons. The maximum Gasteiger partial charge on any atom is 0.191 e. The van der Waals surface area contributed by atoms with Gasteiger partial charge in [0.2, 0.25) is 0 Å². The Morgan fingerprint density at radius 1 is 1.28 bits per heavy atom. The van der Waals surface area contributed by atoms with Crippen molar-refractivity contribution in [2.24, 2.45) is 4.99 Å². The van der Waals surface area contributed by atoms with Gasteiger partial charge >= 0.3 is 0 Å². The summed E-state index contributed by atoms with van der Waals surface area (Å²) < 4.78 is 13.3. The molecule has 0 atom stereocenters. The highest BCUT2D eigenvalue weighted by molar-refractivity contribution is 14.0. The molecule has 2 N–H and O–H groups in total. The third-order valence-corrected chi connectivity index (χ3v) is 4.45. The minimum Gasteiger partial charge on any atom is -0.357 e. The monoisotopic (exact) mass is 462 g/mol. The summed E-state index contributed by atoms with van der Waals surface area (Å²) in [7, 11) is 0. The van der Waals surface area contributed by atoms with Crippen molar-refractivity contribution < 1.29 is 4.39 Å². The van der Waals surface area contributed by atoms with Crippen LogP contribution in [-0.4, -0.2) is 43.1 Å². The van der Waals surface area contributed by atoms with Crippen molar-refractivity contribution in [2.75, 3.05) is 26.2 Å². The van der Waals surface area contributed by atoms with E-state index in [0.717, 1.165) is 44.0 Å². The standard InChI is InChI=1S/C19H31FN4.HI/c1-4-10-24-11-8-17(9-12-24)23-19(21-5-2)22-14-16-6-7-18(20)15(3)13-16;/h6-7,13,17H,4-5,8-12,14H2,1-3H3,(H2,21,22,23);1H. The van der Waals surface area contributed by atoms with Gasteiger partial charge < -0.3 is 15.5 Å². The SMILES string of the molecule is CCCN1CCC(NC(=NCc2ccc(F)c(C)c2)NCC)CC1.I. The Balaban J connectivity index is 0.00000312. The lowest BCUT2D eigenvalue weighted by Gasteiger charge is -2.32. The number of hydrogen-bond donors (Lipinski definition) is 2. The fourth-order valence-corrected chi connectivity index (χ4v) is 3.11. The first-order chi connectivity index (χ1) is 11.6. The van der Waals surface area contributed by atoms with Gasteiger partial charge in [-0.1, -0.05) is 19.1 Å². The van der Waals surface area contributed by atoms with Crippen molar-refractivity contribution >= 4 is 29.9 Å². The average Bonchev–Trinajstić information content (AvgIpc) is 2.58. The van der Waals surface area contributed by atoms with E-state index >= 15 is 0 Å². The van der Waals surface area contributed by atoms with Crippen molar-refractivity contribution in [1.82, 2.24) is 15.5 Å². The van der Waals surface area contributed by atoms with E-state index in [1.54, 1.807) is 13.0 Å². The molecule has 0 spiro atoms. The smallest absolute Gasteiger partial charge is 0.191 e. The molecule has 142 valence electrons. The zero-order valence-electron chi connectivity index (χ0n) is 15.6. The van der Waals surface area contributed by atoms with Crippen molar-refractivity contribution in [3.8, 4) is 0 Å². The van der Waals surface area contributed by atoms with Gasteiger partial charge in [-0.3, -0.25) is 0 Å². The second-order valence-electron chi connectivity index (χ2n) is 6.54. The second kappa shape index (κ2) is 11.7. The van der Waals surface area contributed by atoms with Crippen LogP contribution in [0.25, 0.3) is 0 Å². The summed E-state index contributed by atoms with van der Waals surface area (Å²) in [5, 5.41) is 6.87. The third kappa shape index (κ3) is 7.48.